The smallest absolute Gasteiger partial charge is 0.342 e. The number of esters is 1. The van der Waals surface area contributed by atoms with Crippen LogP contribution in [0.1, 0.15) is 19.8 Å². The molecule has 0 aromatic carbocycles. The number of carbonyl (C=O) groups is 3. The van der Waals surface area contributed by atoms with Crippen LogP contribution < -0.4 is 0 Å². The molecule has 1 unspecified atom stereocenters. The normalized spacial score (nSPS) is 35.1. The summed E-state index contributed by atoms with van der Waals surface area (Å²) in [5, 5.41) is 10.1. The van der Waals surface area contributed by atoms with Crippen molar-refractivity contribution >= 4 is 17.5 Å². The van der Waals surface area contributed by atoms with Crippen molar-refractivity contribution in [2.24, 2.45) is 5.92 Å². The number of Topliss-reactive ketones (excluding diaryl/α,β-unsaturated/α-hetero) is 2. The molecule has 2 aliphatic carbocycles. The molecule has 1 saturated carbocycles. The van der Waals surface area contributed by atoms with Gasteiger partial charge in [0.2, 0.25) is 0 Å². The van der Waals surface area contributed by atoms with Crippen LogP contribution in [0.4, 0.5) is 0 Å². The number of cyclic esters (lactones) is 1. The van der Waals surface area contributed by atoms with E-state index in [0.717, 1.165) is 0 Å². The molecule has 0 amide bonds. The second-order valence-corrected chi connectivity index (χ2v) is 5.02. The summed E-state index contributed by atoms with van der Waals surface area (Å²) >= 11 is 0. The largest absolute Gasteiger partial charge is 0.458 e. The molecule has 1 fully saturated rings. The lowest BCUT2D eigenvalue weighted by Gasteiger charge is -2.33. The van der Waals surface area contributed by atoms with Crippen LogP contribution in [0, 0.1) is 5.92 Å². The van der Waals surface area contributed by atoms with E-state index < -0.39 is 17.5 Å². The fraction of sp³-hybridized carbons (Fsp3) is 0.462. The molecule has 0 aromatic heterocycles. The summed E-state index contributed by atoms with van der Waals surface area (Å²) < 4.78 is 4.83. The van der Waals surface area contributed by atoms with E-state index in [1.807, 2.05) is 0 Å². The summed E-state index contributed by atoms with van der Waals surface area (Å²) in [6.45, 7) is 1.17. The van der Waals surface area contributed by atoms with Gasteiger partial charge in [-0.1, -0.05) is 0 Å². The molecule has 1 heterocycles. The van der Waals surface area contributed by atoms with Crippen molar-refractivity contribution in [2.45, 2.75) is 25.4 Å². The fourth-order valence-corrected chi connectivity index (χ4v) is 2.78. The highest BCUT2D eigenvalue weighted by Gasteiger charge is 2.48. The molecule has 94 valence electrons. The topological polar surface area (TPSA) is 80.7 Å². The standard InChI is InChI=1S/C13H12O5/c1-13(17)9-4-7-6(2-3-10(7)14)11(15)8(9)5-18-12(13)16/h4,6,17H,2-3,5H2,1H3/t6?,13-/m0/s1. The van der Waals surface area contributed by atoms with Crippen molar-refractivity contribution < 1.29 is 24.2 Å². The third-order valence-corrected chi connectivity index (χ3v) is 3.87. The zero-order valence-corrected chi connectivity index (χ0v) is 9.86. The van der Waals surface area contributed by atoms with Gasteiger partial charge in [-0.3, -0.25) is 9.59 Å². The van der Waals surface area contributed by atoms with Gasteiger partial charge in [0.05, 0.1) is 5.92 Å². The van der Waals surface area contributed by atoms with E-state index in [9.17, 15) is 19.5 Å². The van der Waals surface area contributed by atoms with Crippen LogP contribution in [0.3, 0.4) is 0 Å². The predicted molar refractivity (Wildman–Crippen MR) is 59.4 cm³/mol. The Morgan fingerprint density at radius 2 is 2.11 bits per heavy atom. The van der Waals surface area contributed by atoms with Crippen molar-refractivity contribution in [3.8, 4) is 0 Å². The number of ketones is 2. The molecule has 0 spiro atoms. The van der Waals surface area contributed by atoms with Crippen molar-refractivity contribution in [3.63, 3.8) is 0 Å². The van der Waals surface area contributed by atoms with Gasteiger partial charge in [-0.05, 0) is 19.4 Å². The number of allylic oxidation sites excluding steroid dienone is 1. The zero-order valence-electron chi connectivity index (χ0n) is 9.86. The Bertz CT molecular complexity index is 550. The van der Waals surface area contributed by atoms with Crippen LogP contribution in [0.15, 0.2) is 22.8 Å². The Labute approximate surface area is 103 Å². The third kappa shape index (κ3) is 1.28. The maximum Gasteiger partial charge on any atom is 0.342 e. The maximum atomic E-state index is 12.2. The molecule has 0 saturated heterocycles. The predicted octanol–water partition coefficient (Wildman–Crippen LogP) is 0.0790. The molecule has 0 radical (unpaired) electrons. The molecule has 5 nitrogen and oxygen atoms in total. The Morgan fingerprint density at radius 1 is 1.39 bits per heavy atom. The lowest BCUT2D eigenvalue weighted by molar-refractivity contribution is -0.161. The quantitative estimate of drug-likeness (QED) is 0.614. The van der Waals surface area contributed by atoms with Crippen LogP contribution in [0.5, 0.6) is 0 Å². The van der Waals surface area contributed by atoms with Gasteiger partial charge >= 0.3 is 5.97 Å². The number of ether oxygens (including phenoxy) is 1. The summed E-state index contributed by atoms with van der Waals surface area (Å²) in [5.41, 5.74) is -0.869. The van der Waals surface area contributed by atoms with E-state index in [2.05, 4.69) is 0 Å². The van der Waals surface area contributed by atoms with Crippen molar-refractivity contribution in [1.82, 2.24) is 0 Å². The van der Waals surface area contributed by atoms with Gasteiger partial charge in [0.15, 0.2) is 17.2 Å². The monoisotopic (exact) mass is 248 g/mol. The average Bonchev–Trinajstić information content (AvgIpc) is 2.68. The molecule has 5 heteroatoms. The van der Waals surface area contributed by atoms with Crippen LogP contribution in [-0.4, -0.2) is 34.9 Å². The number of fused-ring (bicyclic) bond motifs is 1. The van der Waals surface area contributed by atoms with Crippen LogP contribution >= 0.6 is 0 Å². The first kappa shape index (κ1) is 11.3. The number of hydrogen-bond donors (Lipinski definition) is 1. The summed E-state index contributed by atoms with van der Waals surface area (Å²) in [7, 11) is 0. The number of hydrogen-bond acceptors (Lipinski definition) is 5. The fourth-order valence-electron chi connectivity index (χ4n) is 2.78. The van der Waals surface area contributed by atoms with E-state index in [-0.39, 0.29) is 23.7 Å². The van der Waals surface area contributed by atoms with Crippen LogP contribution in [0.25, 0.3) is 0 Å². The van der Waals surface area contributed by atoms with Gasteiger partial charge in [0.25, 0.3) is 0 Å². The van der Waals surface area contributed by atoms with Crippen LogP contribution in [-0.2, 0) is 19.1 Å². The highest BCUT2D eigenvalue weighted by molar-refractivity contribution is 6.14. The summed E-state index contributed by atoms with van der Waals surface area (Å²) in [4.78, 5) is 35.4. The van der Waals surface area contributed by atoms with Crippen molar-refractivity contribution in [1.29, 1.82) is 0 Å². The zero-order chi connectivity index (χ0) is 13.1. The first-order chi connectivity index (χ1) is 8.43. The average molecular weight is 248 g/mol. The van der Waals surface area contributed by atoms with E-state index in [1.165, 1.54) is 13.0 Å². The highest BCUT2D eigenvalue weighted by Crippen LogP contribution is 2.41. The van der Waals surface area contributed by atoms with Crippen LogP contribution in [0.2, 0.25) is 0 Å². The van der Waals surface area contributed by atoms with Gasteiger partial charge < -0.3 is 9.84 Å². The minimum absolute atomic E-state index is 0.0744. The molecular weight excluding hydrogens is 236 g/mol. The Hall–Kier alpha value is -1.75. The van der Waals surface area contributed by atoms with Gasteiger partial charge in [0, 0.05) is 23.1 Å². The third-order valence-electron chi connectivity index (χ3n) is 3.87. The van der Waals surface area contributed by atoms with Gasteiger partial charge in [0.1, 0.15) is 6.61 Å². The number of aliphatic hydroxyl groups is 1. The summed E-state index contributed by atoms with van der Waals surface area (Å²) in [5.74, 6) is -1.46. The molecule has 18 heavy (non-hydrogen) atoms. The summed E-state index contributed by atoms with van der Waals surface area (Å²) in [6, 6.07) is 0. The lowest BCUT2D eigenvalue weighted by Crippen LogP contribution is -2.46. The van der Waals surface area contributed by atoms with E-state index in [1.54, 1.807) is 0 Å². The molecule has 3 rings (SSSR count). The van der Waals surface area contributed by atoms with Gasteiger partial charge in [-0.15, -0.1) is 0 Å². The number of rotatable bonds is 0. The molecule has 0 bridgehead atoms. The Balaban J connectivity index is 2.18. The minimum Gasteiger partial charge on any atom is -0.458 e. The molecule has 0 aromatic rings. The number of carbonyl (C=O) groups excluding carboxylic acids is 3. The van der Waals surface area contributed by atoms with Gasteiger partial charge in [-0.25, -0.2) is 4.79 Å². The molecule has 2 atom stereocenters. The Morgan fingerprint density at radius 3 is 2.83 bits per heavy atom. The second-order valence-electron chi connectivity index (χ2n) is 5.02. The lowest BCUT2D eigenvalue weighted by atomic mass is 9.77. The van der Waals surface area contributed by atoms with Crippen molar-refractivity contribution in [2.75, 3.05) is 6.61 Å². The highest BCUT2D eigenvalue weighted by atomic mass is 16.6. The summed E-state index contributed by atoms with van der Waals surface area (Å²) in [6.07, 6.45) is 2.37. The van der Waals surface area contributed by atoms with Gasteiger partial charge in [-0.2, -0.15) is 0 Å². The molecule has 1 N–H and O–H groups in total. The first-order valence-electron chi connectivity index (χ1n) is 5.85. The van der Waals surface area contributed by atoms with E-state index in [4.69, 9.17) is 4.74 Å². The van der Waals surface area contributed by atoms with Crippen molar-refractivity contribution in [3.05, 3.63) is 22.8 Å². The SMILES string of the molecule is C[C@@]1(O)C(=O)OCC2=C1C=C1C(=O)CCC1C2=O. The molecule has 1 aliphatic heterocycles. The minimum atomic E-state index is -1.84. The molecular formula is C13H12O5. The van der Waals surface area contributed by atoms with E-state index in [0.29, 0.717) is 24.0 Å². The Kier molecular flexibility index (Phi) is 2.13. The maximum absolute atomic E-state index is 12.2. The second kappa shape index (κ2) is 3.38. The molecule has 3 aliphatic rings. The van der Waals surface area contributed by atoms with E-state index >= 15 is 0 Å². The first-order valence-corrected chi connectivity index (χ1v) is 5.85.